The molecular weight excluding hydrogens is 304 g/mol. The second kappa shape index (κ2) is 5.78. The summed E-state index contributed by atoms with van der Waals surface area (Å²) in [5, 5.41) is 9.88. The number of aromatic amines is 1. The number of carbonyl (C=O) groups is 1. The van der Waals surface area contributed by atoms with Crippen LogP contribution in [-0.2, 0) is 4.79 Å². The molecule has 3 unspecified atom stereocenters. The summed E-state index contributed by atoms with van der Waals surface area (Å²) in [7, 11) is 0. The van der Waals surface area contributed by atoms with Gasteiger partial charge in [-0.3, -0.25) is 4.79 Å². The van der Waals surface area contributed by atoms with Gasteiger partial charge in [-0.05, 0) is 24.8 Å². The molecule has 0 saturated carbocycles. The van der Waals surface area contributed by atoms with Crippen LogP contribution in [0.15, 0.2) is 18.6 Å². The molecule has 0 bridgehead atoms. The Kier molecular flexibility index (Phi) is 3.60. The van der Waals surface area contributed by atoms with Gasteiger partial charge >= 0.3 is 0 Å². The first-order valence-corrected chi connectivity index (χ1v) is 8.42. The van der Waals surface area contributed by atoms with Crippen molar-refractivity contribution < 1.29 is 4.79 Å². The smallest absolute Gasteiger partial charge is 0.237 e. The largest absolute Gasteiger partial charge is 0.351 e. The molecule has 0 radical (unpaired) electrons. The Bertz CT molecular complexity index is 809. The summed E-state index contributed by atoms with van der Waals surface area (Å²) in [5.41, 5.74) is 0.837. The molecule has 124 valence electrons. The Morgan fingerprint density at radius 3 is 3.12 bits per heavy atom. The molecule has 4 heterocycles. The van der Waals surface area contributed by atoms with Crippen LogP contribution in [0.4, 0.5) is 5.82 Å². The molecule has 2 aromatic heterocycles. The highest BCUT2D eigenvalue weighted by Gasteiger charge is 2.46. The predicted molar refractivity (Wildman–Crippen MR) is 89.2 cm³/mol. The van der Waals surface area contributed by atoms with Crippen molar-refractivity contribution in [2.75, 3.05) is 18.0 Å². The number of amides is 1. The summed E-state index contributed by atoms with van der Waals surface area (Å²) in [6.45, 7) is 3.87. The Morgan fingerprint density at radius 2 is 2.29 bits per heavy atom. The van der Waals surface area contributed by atoms with E-state index in [4.69, 9.17) is 5.26 Å². The molecule has 2 fully saturated rings. The minimum Gasteiger partial charge on any atom is -0.351 e. The second-order valence-electron chi connectivity index (χ2n) is 6.67. The van der Waals surface area contributed by atoms with Crippen molar-refractivity contribution >= 4 is 22.8 Å². The molecule has 1 N–H and O–H groups in total. The molecule has 24 heavy (non-hydrogen) atoms. The van der Waals surface area contributed by atoms with Crippen molar-refractivity contribution in [3.05, 3.63) is 18.6 Å². The standard InChI is InChI=1S/C17H20N6O/c1-11-4-8-22(14(24)2-6-18)13-5-9-23(15(11)13)17-12-3-7-19-16(12)20-10-21-17/h3,7,10-11,13,15H,2,4-5,8-9H2,1H3,(H,19,20,21). The number of likely N-dealkylation sites (tertiary alicyclic amines) is 1. The molecule has 0 aliphatic carbocycles. The fourth-order valence-corrected chi connectivity index (χ4v) is 4.32. The zero-order chi connectivity index (χ0) is 16.7. The van der Waals surface area contributed by atoms with Gasteiger partial charge in [0, 0.05) is 19.3 Å². The maximum absolute atomic E-state index is 12.3. The number of nitrogens with one attached hydrogen (secondary N) is 1. The maximum atomic E-state index is 12.3. The van der Waals surface area contributed by atoms with E-state index in [1.165, 1.54) is 0 Å². The Morgan fingerprint density at radius 1 is 1.42 bits per heavy atom. The third kappa shape index (κ3) is 2.21. The van der Waals surface area contributed by atoms with Gasteiger partial charge in [-0.2, -0.15) is 5.26 Å². The highest BCUT2D eigenvalue weighted by Crippen LogP contribution is 2.38. The molecule has 1 amide bonds. The number of hydrogen-bond acceptors (Lipinski definition) is 5. The lowest BCUT2D eigenvalue weighted by atomic mass is 9.87. The van der Waals surface area contributed by atoms with Crippen LogP contribution in [0.5, 0.6) is 0 Å². The molecule has 2 aromatic rings. The van der Waals surface area contributed by atoms with E-state index in [9.17, 15) is 4.79 Å². The SMILES string of the molecule is CC1CCN(C(=O)CC#N)C2CCN(c3ncnc4[nH]ccc34)C12. The molecule has 3 atom stereocenters. The van der Waals surface area contributed by atoms with E-state index in [1.54, 1.807) is 6.33 Å². The molecule has 2 aliphatic rings. The van der Waals surface area contributed by atoms with Crippen molar-refractivity contribution in [3.8, 4) is 6.07 Å². The van der Waals surface area contributed by atoms with Crippen LogP contribution in [0.25, 0.3) is 11.0 Å². The summed E-state index contributed by atoms with van der Waals surface area (Å²) in [6, 6.07) is 4.40. The average Bonchev–Trinajstić information content (AvgIpc) is 3.22. The van der Waals surface area contributed by atoms with Crippen molar-refractivity contribution in [3.63, 3.8) is 0 Å². The van der Waals surface area contributed by atoms with Crippen molar-refractivity contribution in [1.82, 2.24) is 19.9 Å². The number of piperidine rings is 1. The van der Waals surface area contributed by atoms with E-state index in [0.717, 1.165) is 42.8 Å². The molecular formula is C17H20N6O. The summed E-state index contributed by atoms with van der Waals surface area (Å²) >= 11 is 0. The Hall–Kier alpha value is -2.62. The lowest BCUT2D eigenvalue weighted by Gasteiger charge is -2.43. The van der Waals surface area contributed by atoms with Crippen LogP contribution in [0, 0.1) is 17.2 Å². The lowest BCUT2D eigenvalue weighted by Crippen LogP contribution is -2.55. The number of hydrogen-bond donors (Lipinski definition) is 1. The molecule has 2 saturated heterocycles. The first kappa shape index (κ1) is 14.9. The van der Waals surface area contributed by atoms with Gasteiger partial charge in [-0.15, -0.1) is 0 Å². The van der Waals surface area contributed by atoms with Crippen molar-refractivity contribution in [2.45, 2.75) is 38.3 Å². The van der Waals surface area contributed by atoms with Crippen LogP contribution >= 0.6 is 0 Å². The summed E-state index contributed by atoms with van der Waals surface area (Å²) in [5.74, 6) is 1.37. The van der Waals surface area contributed by atoms with E-state index >= 15 is 0 Å². The zero-order valence-corrected chi connectivity index (χ0v) is 13.6. The number of rotatable bonds is 2. The minimum absolute atomic E-state index is 0.0346. The topological polar surface area (TPSA) is 88.9 Å². The van der Waals surface area contributed by atoms with Crippen molar-refractivity contribution in [1.29, 1.82) is 5.26 Å². The van der Waals surface area contributed by atoms with Gasteiger partial charge in [0.15, 0.2) is 0 Å². The Labute approximate surface area is 140 Å². The van der Waals surface area contributed by atoms with Gasteiger partial charge in [-0.25, -0.2) is 9.97 Å². The van der Waals surface area contributed by atoms with Gasteiger partial charge in [0.05, 0.1) is 23.5 Å². The minimum atomic E-state index is -0.0456. The zero-order valence-electron chi connectivity index (χ0n) is 13.6. The van der Waals surface area contributed by atoms with E-state index in [-0.39, 0.29) is 24.4 Å². The number of aromatic nitrogens is 3. The van der Waals surface area contributed by atoms with E-state index in [2.05, 4.69) is 26.8 Å². The second-order valence-corrected chi connectivity index (χ2v) is 6.67. The van der Waals surface area contributed by atoms with Gasteiger partial charge < -0.3 is 14.8 Å². The average molecular weight is 324 g/mol. The molecule has 4 rings (SSSR count). The predicted octanol–water partition coefficient (Wildman–Crippen LogP) is 1.69. The van der Waals surface area contributed by atoms with Crippen LogP contribution in [0.3, 0.4) is 0 Å². The number of nitriles is 1. The number of H-pyrrole nitrogens is 1. The van der Waals surface area contributed by atoms with E-state index in [1.807, 2.05) is 23.2 Å². The number of anilines is 1. The highest BCUT2D eigenvalue weighted by atomic mass is 16.2. The van der Waals surface area contributed by atoms with Crippen LogP contribution in [-0.4, -0.2) is 50.9 Å². The number of carbonyl (C=O) groups excluding carboxylic acids is 1. The van der Waals surface area contributed by atoms with E-state index in [0.29, 0.717) is 5.92 Å². The first-order valence-electron chi connectivity index (χ1n) is 8.42. The van der Waals surface area contributed by atoms with E-state index < -0.39 is 0 Å². The highest BCUT2D eigenvalue weighted by molar-refractivity contribution is 5.87. The number of fused-ring (bicyclic) bond motifs is 2. The first-order chi connectivity index (χ1) is 11.7. The molecule has 2 aliphatic heterocycles. The number of nitrogens with zero attached hydrogens (tertiary/aromatic N) is 5. The quantitative estimate of drug-likeness (QED) is 0.908. The van der Waals surface area contributed by atoms with Gasteiger partial charge in [0.25, 0.3) is 0 Å². The molecule has 7 heteroatoms. The summed E-state index contributed by atoms with van der Waals surface area (Å²) in [4.78, 5) is 28.5. The van der Waals surface area contributed by atoms with Gasteiger partial charge in [-0.1, -0.05) is 6.92 Å². The van der Waals surface area contributed by atoms with Gasteiger partial charge in [0.2, 0.25) is 5.91 Å². The maximum Gasteiger partial charge on any atom is 0.237 e. The van der Waals surface area contributed by atoms with Gasteiger partial charge in [0.1, 0.15) is 24.2 Å². The third-order valence-electron chi connectivity index (χ3n) is 5.38. The van der Waals surface area contributed by atoms with Crippen LogP contribution in [0.2, 0.25) is 0 Å². The molecule has 0 aromatic carbocycles. The normalized spacial score (nSPS) is 26.4. The fourth-order valence-electron chi connectivity index (χ4n) is 4.32. The Balaban J connectivity index is 1.69. The monoisotopic (exact) mass is 324 g/mol. The van der Waals surface area contributed by atoms with Crippen molar-refractivity contribution in [2.24, 2.45) is 5.92 Å². The summed E-state index contributed by atoms with van der Waals surface area (Å²) < 4.78 is 0. The lowest BCUT2D eigenvalue weighted by molar-refractivity contribution is -0.134. The molecule has 0 spiro atoms. The molecule has 7 nitrogen and oxygen atoms in total. The van der Waals surface area contributed by atoms with Crippen LogP contribution in [0.1, 0.15) is 26.2 Å². The summed E-state index contributed by atoms with van der Waals surface area (Å²) in [6.07, 6.45) is 5.31. The third-order valence-corrected chi connectivity index (χ3v) is 5.38. The fraction of sp³-hybridized carbons (Fsp3) is 0.529. The van der Waals surface area contributed by atoms with Crippen LogP contribution < -0.4 is 4.90 Å².